The number of nitrogens with one attached hydrogen (secondary N) is 1. The minimum Gasteiger partial charge on any atom is -0.316 e. The van der Waals surface area contributed by atoms with Crippen molar-refractivity contribution >= 4 is 9.84 Å². The van der Waals surface area contributed by atoms with Crippen LogP contribution in [0.1, 0.15) is 48.8 Å². The van der Waals surface area contributed by atoms with Crippen LogP contribution in [0.4, 0.5) is 0 Å². The van der Waals surface area contributed by atoms with Crippen molar-refractivity contribution in [2.75, 3.05) is 19.3 Å². The van der Waals surface area contributed by atoms with Gasteiger partial charge in [-0.1, -0.05) is 13.8 Å². The molecule has 0 spiro atoms. The van der Waals surface area contributed by atoms with Crippen LogP contribution in [-0.4, -0.2) is 37.7 Å². The predicted octanol–water partition coefficient (Wildman–Crippen LogP) is 1.99. The number of aryl methyl sites for hydroxylation is 2. The molecule has 120 valence electrons. The third kappa shape index (κ3) is 5.36. The molecule has 1 N–H and O–H groups in total. The maximum absolute atomic E-state index is 11.6. The van der Waals surface area contributed by atoms with E-state index in [1.807, 2.05) is 13.8 Å². The quantitative estimate of drug-likeness (QED) is 0.779. The van der Waals surface area contributed by atoms with Gasteiger partial charge in [0.2, 0.25) is 0 Å². The maximum atomic E-state index is 11.6. The molecule has 0 aliphatic heterocycles. The van der Waals surface area contributed by atoms with E-state index >= 15 is 0 Å². The number of hydrogen-bond acceptors (Lipinski definition) is 5. The van der Waals surface area contributed by atoms with Gasteiger partial charge >= 0.3 is 0 Å². The van der Waals surface area contributed by atoms with Crippen LogP contribution in [-0.2, 0) is 16.3 Å². The molecule has 0 aliphatic rings. The fourth-order valence-corrected chi connectivity index (χ4v) is 2.59. The van der Waals surface area contributed by atoms with E-state index in [0.717, 1.165) is 36.5 Å². The molecule has 5 nitrogen and oxygen atoms in total. The molecule has 1 atom stereocenters. The lowest BCUT2D eigenvalue weighted by Gasteiger charge is -2.14. The molecule has 0 aromatic carbocycles. The number of nitrogens with zero attached hydrogens (tertiary/aromatic N) is 2. The zero-order valence-corrected chi connectivity index (χ0v) is 14.7. The summed E-state index contributed by atoms with van der Waals surface area (Å²) >= 11 is 0. The Morgan fingerprint density at radius 2 is 1.62 bits per heavy atom. The van der Waals surface area contributed by atoms with E-state index in [-0.39, 0.29) is 0 Å². The van der Waals surface area contributed by atoms with E-state index in [1.54, 1.807) is 6.92 Å². The normalized spacial score (nSPS) is 13.7. The smallest absolute Gasteiger partial charge is 0.157 e. The second kappa shape index (κ2) is 7.31. The van der Waals surface area contributed by atoms with Gasteiger partial charge in [-0.2, -0.15) is 0 Å². The fourth-order valence-electron chi connectivity index (χ4n) is 2.10. The largest absolute Gasteiger partial charge is 0.316 e. The van der Waals surface area contributed by atoms with E-state index in [2.05, 4.69) is 29.1 Å². The van der Waals surface area contributed by atoms with Gasteiger partial charge in [-0.15, -0.1) is 0 Å². The van der Waals surface area contributed by atoms with Gasteiger partial charge in [0.25, 0.3) is 0 Å². The molecule has 1 rings (SSSR count). The van der Waals surface area contributed by atoms with Crippen molar-refractivity contribution in [3.63, 3.8) is 0 Å². The number of rotatable bonds is 7. The third-order valence-corrected chi connectivity index (χ3v) is 5.04. The summed E-state index contributed by atoms with van der Waals surface area (Å²) in [5, 5.41) is 2.73. The Morgan fingerprint density at radius 3 is 2.05 bits per heavy atom. The Kier molecular flexibility index (Phi) is 6.28. The fraction of sp³-hybridized carbons (Fsp3) is 0.733. The Bertz CT molecular complexity index is 560. The van der Waals surface area contributed by atoms with Gasteiger partial charge in [0.1, 0.15) is 11.1 Å². The molecule has 0 saturated heterocycles. The van der Waals surface area contributed by atoms with Gasteiger partial charge in [-0.25, -0.2) is 18.4 Å². The summed E-state index contributed by atoms with van der Waals surface area (Å²) in [4.78, 5) is 8.79. The van der Waals surface area contributed by atoms with Gasteiger partial charge in [-0.3, -0.25) is 0 Å². The van der Waals surface area contributed by atoms with Crippen molar-refractivity contribution in [1.82, 2.24) is 15.3 Å². The van der Waals surface area contributed by atoms with Crippen molar-refractivity contribution in [2.24, 2.45) is 5.92 Å². The van der Waals surface area contributed by atoms with Crippen LogP contribution >= 0.6 is 0 Å². The molecule has 1 unspecified atom stereocenters. The van der Waals surface area contributed by atoms with E-state index in [4.69, 9.17) is 0 Å². The number of sulfone groups is 1. The first-order valence-electron chi connectivity index (χ1n) is 7.36. The summed E-state index contributed by atoms with van der Waals surface area (Å²) in [5.41, 5.74) is 2.86. The lowest BCUT2D eigenvalue weighted by Crippen LogP contribution is -2.23. The van der Waals surface area contributed by atoms with E-state index in [0.29, 0.717) is 11.7 Å². The van der Waals surface area contributed by atoms with Gasteiger partial charge in [0.05, 0.1) is 0 Å². The molecule has 0 fully saturated rings. The van der Waals surface area contributed by atoms with Crippen LogP contribution in [0.15, 0.2) is 0 Å². The highest BCUT2D eigenvalue weighted by Gasteiger charge is 2.21. The van der Waals surface area contributed by atoms with Crippen molar-refractivity contribution in [2.45, 2.75) is 46.3 Å². The Labute approximate surface area is 128 Å². The van der Waals surface area contributed by atoms with E-state index in [1.165, 1.54) is 6.26 Å². The van der Waals surface area contributed by atoms with E-state index < -0.39 is 15.1 Å². The first-order valence-corrected chi connectivity index (χ1v) is 9.32. The summed E-state index contributed by atoms with van der Waals surface area (Å²) in [6.45, 7) is 11.7. The second-order valence-corrected chi connectivity index (χ2v) is 8.42. The minimum atomic E-state index is -3.17. The average molecular weight is 313 g/mol. The lowest BCUT2D eigenvalue weighted by molar-refractivity contribution is 0.552. The van der Waals surface area contributed by atoms with Crippen LogP contribution in [0.25, 0.3) is 0 Å². The van der Waals surface area contributed by atoms with Gasteiger partial charge in [0, 0.05) is 17.6 Å². The lowest BCUT2D eigenvalue weighted by atomic mass is 10.1. The van der Waals surface area contributed by atoms with E-state index in [9.17, 15) is 8.42 Å². The molecule has 0 bridgehead atoms. The molecular formula is C15H27N3O2S. The summed E-state index contributed by atoms with van der Waals surface area (Å²) < 4.78 is 23.2. The minimum absolute atomic E-state index is 0.395. The van der Waals surface area contributed by atoms with Crippen LogP contribution in [0.5, 0.6) is 0 Å². The van der Waals surface area contributed by atoms with Crippen molar-refractivity contribution in [3.05, 3.63) is 22.8 Å². The molecule has 0 saturated carbocycles. The Balaban J connectivity index is 2.86. The van der Waals surface area contributed by atoms with Gasteiger partial charge in [0.15, 0.2) is 9.84 Å². The van der Waals surface area contributed by atoms with Crippen LogP contribution in [0.2, 0.25) is 0 Å². The van der Waals surface area contributed by atoms with Crippen molar-refractivity contribution in [3.8, 4) is 0 Å². The highest BCUT2D eigenvalue weighted by Crippen LogP contribution is 2.20. The zero-order valence-electron chi connectivity index (χ0n) is 13.9. The molecule has 0 amide bonds. The molecular weight excluding hydrogens is 286 g/mol. The summed E-state index contributed by atoms with van der Waals surface area (Å²) in [5.74, 6) is 1.02. The molecule has 1 heterocycles. The number of aromatic nitrogens is 2. The first-order chi connectivity index (χ1) is 9.62. The van der Waals surface area contributed by atoms with Gasteiger partial charge in [-0.05, 0) is 51.8 Å². The summed E-state index contributed by atoms with van der Waals surface area (Å²) in [7, 11) is -3.17. The molecule has 21 heavy (non-hydrogen) atoms. The monoisotopic (exact) mass is 313 g/mol. The molecule has 1 aromatic rings. The Hall–Kier alpha value is -1.01. The highest BCUT2D eigenvalue weighted by molar-refractivity contribution is 7.90. The third-order valence-electron chi connectivity index (χ3n) is 3.55. The maximum Gasteiger partial charge on any atom is 0.157 e. The van der Waals surface area contributed by atoms with Crippen LogP contribution in [0.3, 0.4) is 0 Å². The van der Waals surface area contributed by atoms with Gasteiger partial charge < -0.3 is 5.32 Å². The SMILES string of the molecule is Cc1nc(C(C)S(C)(=O)=O)nc(C)c1CCNCC(C)C. The van der Waals surface area contributed by atoms with Crippen molar-refractivity contribution < 1.29 is 8.42 Å². The summed E-state index contributed by atoms with van der Waals surface area (Å²) in [6, 6.07) is 0. The predicted molar refractivity (Wildman–Crippen MR) is 86.2 cm³/mol. The van der Waals surface area contributed by atoms with Crippen molar-refractivity contribution in [1.29, 1.82) is 0 Å². The standard InChI is InChI=1S/C15H27N3O2S/c1-10(2)9-16-8-7-14-11(3)17-15(18-12(14)4)13(5)21(6,19)20/h10,13,16H,7-9H2,1-6H3. The topological polar surface area (TPSA) is 72.0 Å². The second-order valence-electron chi connectivity index (χ2n) is 6.05. The Morgan fingerprint density at radius 1 is 1.10 bits per heavy atom. The summed E-state index contributed by atoms with van der Waals surface area (Å²) in [6.07, 6.45) is 2.08. The van der Waals surface area contributed by atoms with Crippen LogP contribution < -0.4 is 5.32 Å². The highest BCUT2D eigenvalue weighted by atomic mass is 32.2. The average Bonchev–Trinajstić information content (AvgIpc) is 2.34. The molecule has 1 aromatic heterocycles. The molecule has 6 heteroatoms. The zero-order chi connectivity index (χ0) is 16.2. The molecule has 0 radical (unpaired) electrons. The number of hydrogen-bond donors (Lipinski definition) is 1. The first kappa shape index (κ1) is 18.0. The molecule has 0 aliphatic carbocycles. The van der Waals surface area contributed by atoms with Crippen LogP contribution in [0, 0.1) is 19.8 Å².